The number of nitrogens with zero attached hydrogens (tertiary/aromatic N) is 3. The van der Waals surface area contributed by atoms with Gasteiger partial charge in [-0.3, -0.25) is 9.48 Å². The van der Waals surface area contributed by atoms with Gasteiger partial charge in [0.25, 0.3) is 0 Å². The summed E-state index contributed by atoms with van der Waals surface area (Å²) >= 11 is 0. The van der Waals surface area contributed by atoms with Gasteiger partial charge in [0.1, 0.15) is 13.2 Å². The SMILES string of the molecule is Cc1cc(CN(Cc2ccc3c(c2)OCCO3)C(=O)[C@H]2C[C@H]2c2ccccc2)nn1C. The fraction of sp³-hybridized carbons (Fsp3) is 0.360. The van der Waals surface area contributed by atoms with Crippen LogP contribution in [0.3, 0.4) is 0 Å². The molecule has 31 heavy (non-hydrogen) atoms. The minimum atomic E-state index is 0.0319. The average molecular weight is 418 g/mol. The highest BCUT2D eigenvalue weighted by molar-refractivity contribution is 5.83. The van der Waals surface area contributed by atoms with Crippen molar-refractivity contribution in [3.63, 3.8) is 0 Å². The van der Waals surface area contributed by atoms with Crippen molar-refractivity contribution >= 4 is 5.91 Å². The van der Waals surface area contributed by atoms with Crippen LogP contribution in [0.25, 0.3) is 0 Å². The van der Waals surface area contributed by atoms with E-state index < -0.39 is 0 Å². The zero-order valence-corrected chi connectivity index (χ0v) is 18.0. The van der Waals surface area contributed by atoms with Crippen LogP contribution in [0.1, 0.15) is 34.9 Å². The van der Waals surface area contributed by atoms with Crippen LogP contribution in [0.4, 0.5) is 0 Å². The number of amides is 1. The molecular weight excluding hydrogens is 390 g/mol. The number of fused-ring (bicyclic) bond motifs is 1. The number of aromatic nitrogens is 2. The fourth-order valence-corrected chi connectivity index (χ4v) is 4.30. The first-order chi connectivity index (χ1) is 15.1. The Balaban J connectivity index is 1.37. The third-order valence-electron chi connectivity index (χ3n) is 6.14. The van der Waals surface area contributed by atoms with E-state index in [0.717, 1.165) is 34.9 Å². The van der Waals surface area contributed by atoms with Crippen LogP contribution in [0.15, 0.2) is 54.6 Å². The quantitative estimate of drug-likeness (QED) is 0.612. The summed E-state index contributed by atoms with van der Waals surface area (Å²) in [5.74, 6) is 2.04. The van der Waals surface area contributed by atoms with Gasteiger partial charge in [-0.05, 0) is 48.6 Å². The minimum Gasteiger partial charge on any atom is -0.486 e. The van der Waals surface area contributed by atoms with Crippen molar-refractivity contribution in [3.05, 3.63) is 77.1 Å². The van der Waals surface area contributed by atoms with E-state index in [1.54, 1.807) is 0 Å². The lowest BCUT2D eigenvalue weighted by Crippen LogP contribution is -2.32. The highest BCUT2D eigenvalue weighted by Gasteiger charge is 2.45. The molecule has 0 N–H and O–H groups in total. The Morgan fingerprint density at radius 3 is 2.58 bits per heavy atom. The van der Waals surface area contributed by atoms with Gasteiger partial charge >= 0.3 is 0 Å². The highest BCUT2D eigenvalue weighted by atomic mass is 16.6. The molecule has 5 rings (SSSR count). The van der Waals surface area contributed by atoms with Gasteiger partial charge < -0.3 is 14.4 Å². The second-order valence-electron chi connectivity index (χ2n) is 8.43. The molecule has 6 heteroatoms. The number of carbonyl (C=O) groups excluding carboxylic acids is 1. The molecule has 2 aliphatic rings. The Bertz CT molecular complexity index is 1070. The molecule has 6 nitrogen and oxygen atoms in total. The maximum atomic E-state index is 13.5. The second-order valence-corrected chi connectivity index (χ2v) is 8.43. The molecule has 0 unspecified atom stereocenters. The molecule has 3 aromatic rings. The zero-order chi connectivity index (χ0) is 21.4. The van der Waals surface area contributed by atoms with Gasteiger partial charge in [0.05, 0.1) is 12.2 Å². The summed E-state index contributed by atoms with van der Waals surface area (Å²) in [5.41, 5.74) is 4.26. The smallest absolute Gasteiger partial charge is 0.226 e. The number of carbonyl (C=O) groups is 1. The number of ether oxygens (including phenoxy) is 2. The summed E-state index contributed by atoms with van der Waals surface area (Å²) in [6, 6.07) is 18.3. The van der Waals surface area contributed by atoms with E-state index in [1.165, 1.54) is 5.56 Å². The number of benzene rings is 2. The second kappa shape index (κ2) is 8.10. The molecule has 1 aromatic heterocycles. The standard InChI is InChI=1S/C25H27N3O3/c1-17-12-20(26-27(17)2)16-28(15-18-8-9-23-24(13-18)31-11-10-30-23)25(29)22-14-21(22)19-6-4-3-5-7-19/h3-9,12-13,21-22H,10-11,14-16H2,1-2H3/t21-,22-/m0/s1. The lowest BCUT2D eigenvalue weighted by Gasteiger charge is -2.24. The van der Waals surface area contributed by atoms with Crippen molar-refractivity contribution < 1.29 is 14.3 Å². The predicted octanol–water partition coefficient (Wildman–Crippen LogP) is 3.83. The molecule has 0 spiro atoms. The molecule has 1 fully saturated rings. The monoisotopic (exact) mass is 417 g/mol. The molecular formula is C25H27N3O3. The third-order valence-corrected chi connectivity index (χ3v) is 6.14. The molecule has 1 aliphatic heterocycles. The Morgan fingerprint density at radius 2 is 1.84 bits per heavy atom. The van der Waals surface area contributed by atoms with Gasteiger partial charge in [0.15, 0.2) is 11.5 Å². The lowest BCUT2D eigenvalue weighted by molar-refractivity contribution is -0.134. The summed E-state index contributed by atoms with van der Waals surface area (Å²) in [6.45, 7) is 4.15. The molecule has 2 heterocycles. The number of hydrogen-bond donors (Lipinski definition) is 0. The normalized spacial score (nSPS) is 19.2. The van der Waals surface area contributed by atoms with Gasteiger partial charge in [-0.25, -0.2) is 0 Å². The summed E-state index contributed by atoms with van der Waals surface area (Å²) in [6.07, 6.45) is 0.904. The Kier molecular flexibility index (Phi) is 5.14. The van der Waals surface area contributed by atoms with E-state index in [0.29, 0.717) is 32.2 Å². The van der Waals surface area contributed by atoms with Crippen LogP contribution in [-0.4, -0.2) is 33.8 Å². The summed E-state index contributed by atoms with van der Waals surface area (Å²) < 4.78 is 13.2. The molecule has 1 amide bonds. The van der Waals surface area contributed by atoms with E-state index >= 15 is 0 Å². The predicted molar refractivity (Wildman–Crippen MR) is 117 cm³/mol. The number of rotatable bonds is 6. The van der Waals surface area contributed by atoms with E-state index in [9.17, 15) is 4.79 Å². The van der Waals surface area contributed by atoms with Crippen LogP contribution in [0.5, 0.6) is 11.5 Å². The Hall–Kier alpha value is -3.28. The molecule has 2 aromatic carbocycles. The molecule has 0 bridgehead atoms. The van der Waals surface area contributed by atoms with Crippen LogP contribution in [-0.2, 0) is 24.9 Å². The first kappa shape index (κ1) is 19.7. The maximum absolute atomic E-state index is 13.5. The topological polar surface area (TPSA) is 56.6 Å². The average Bonchev–Trinajstić information content (AvgIpc) is 3.53. The van der Waals surface area contributed by atoms with E-state index in [4.69, 9.17) is 9.47 Å². The molecule has 0 saturated heterocycles. The summed E-state index contributed by atoms with van der Waals surface area (Å²) in [4.78, 5) is 15.4. The lowest BCUT2D eigenvalue weighted by atomic mass is 10.1. The molecule has 160 valence electrons. The highest BCUT2D eigenvalue weighted by Crippen LogP contribution is 2.48. The van der Waals surface area contributed by atoms with Crippen LogP contribution >= 0.6 is 0 Å². The minimum absolute atomic E-state index is 0.0319. The molecule has 1 aliphatic carbocycles. The van der Waals surface area contributed by atoms with Crippen molar-refractivity contribution in [1.29, 1.82) is 0 Å². The maximum Gasteiger partial charge on any atom is 0.226 e. The summed E-state index contributed by atoms with van der Waals surface area (Å²) in [5, 5.41) is 4.58. The first-order valence-corrected chi connectivity index (χ1v) is 10.8. The van der Waals surface area contributed by atoms with Crippen LogP contribution < -0.4 is 9.47 Å². The van der Waals surface area contributed by atoms with Crippen LogP contribution in [0.2, 0.25) is 0 Å². The molecule has 1 saturated carbocycles. The van der Waals surface area contributed by atoms with Gasteiger partial charge in [0.2, 0.25) is 5.91 Å². The molecule has 0 radical (unpaired) electrons. The van der Waals surface area contributed by atoms with Gasteiger partial charge in [-0.15, -0.1) is 0 Å². The van der Waals surface area contributed by atoms with Crippen LogP contribution in [0, 0.1) is 12.8 Å². The zero-order valence-electron chi connectivity index (χ0n) is 18.0. The van der Waals surface area contributed by atoms with Gasteiger partial charge in [0, 0.05) is 25.2 Å². The van der Waals surface area contributed by atoms with E-state index in [-0.39, 0.29) is 11.8 Å². The molecule has 2 atom stereocenters. The van der Waals surface area contributed by atoms with Crippen molar-refractivity contribution in [2.75, 3.05) is 13.2 Å². The van der Waals surface area contributed by atoms with Gasteiger partial charge in [-0.1, -0.05) is 36.4 Å². The fourth-order valence-electron chi connectivity index (χ4n) is 4.30. The summed E-state index contributed by atoms with van der Waals surface area (Å²) in [7, 11) is 1.93. The van der Waals surface area contributed by atoms with E-state index in [1.807, 2.05) is 66.0 Å². The largest absolute Gasteiger partial charge is 0.486 e. The number of hydrogen-bond acceptors (Lipinski definition) is 4. The Labute approximate surface area is 182 Å². The van der Waals surface area contributed by atoms with E-state index in [2.05, 4.69) is 17.2 Å². The first-order valence-electron chi connectivity index (χ1n) is 10.8. The van der Waals surface area contributed by atoms with Crippen molar-refractivity contribution in [2.45, 2.75) is 32.4 Å². The van der Waals surface area contributed by atoms with Crippen molar-refractivity contribution in [2.24, 2.45) is 13.0 Å². The third kappa shape index (κ3) is 4.15. The Morgan fingerprint density at radius 1 is 1.06 bits per heavy atom. The number of aryl methyl sites for hydroxylation is 2. The van der Waals surface area contributed by atoms with Crippen molar-refractivity contribution in [1.82, 2.24) is 14.7 Å². The van der Waals surface area contributed by atoms with Gasteiger partial charge in [-0.2, -0.15) is 5.10 Å². The van der Waals surface area contributed by atoms with Crippen molar-refractivity contribution in [3.8, 4) is 11.5 Å².